The minimum atomic E-state index is -0.645. The highest BCUT2D eigenvalue weighted by atomic mass is 35.5. The second-order valence-corrected chi connectivity index (χ2v) is 8.75. The zero-order valence-electron chi connectivity index (χ0n) is 16.8. The van der Waals surface area contributed by atoms with Gasteiger partial charge in [-0.2, -0.15) is 0 Å². The highest BCUT2D eigenvalue weighted by molar-refractivity contribution is 6.24. The monoisotopic (exact) mass is 382 g/mol. The number of hydrogen-bond acceptors (Lipinski definition) is 3. The molecule has 0 aromatic rings. The third-order valence-electron chi connectivity index (χ3n) is 5.30. The van der Waals surface area contributed by atoms with E-state index in [-0.39, 0.29) is 12.6 Å². The molecule has 0 aromatic heterocycles. The first-order valence-corrected chi connectivity index (χ1v) is 9.99. The molecule has 148 valence electrons. The lowest BCUT2D eigenvalue weighted by molar-refractivity contribution is -0.140. The normalized spacial score (nSPS) is 31.2. The van der Waals surface area contributed by atoms with Gasteiger partial charge in [0.25, 0.3) is 0 Å². The molecule has 0 bridgehead atoms. The Morgan fingerprint density at radius 2 is 2.04 bits per heavy atom. The summed E-state index contributed by atoms with van der Waals surface area (Å²) in [4.78, 5) is 10.5. The van der Waals surface area contributed by atoms with E-state index in [1.54, 1.807) is 0 Å². The van der Waals surface area contributed by atoms with Gasteiger partial charge in [-0.05, 0) is 77.2 Å². The standard InChI is InChI=1S/C22H35ClO3/c1-16(2)20-11-8-17(3)7-6-14-22(5,23)21(25)13-10-19(9-12-20)15-26-18(4)24/h7,9,20-21,25H,1,6,8,10-15H2,2-5H3/b17-7+,19-9?/t20-,21+,22+/m0/s1. The highest BCUT2D eigenvalue weighted by Crippen LogP contribution is 2.31. The lowest BCUT2D eigenvalue weighted by atomic mass is 9.88. The molecular weight excluding hydrogens is 348 g/mol. The van der Waals surface area contributed by atoms with Crippen LogP contribution in [0.1, 0.15) is 72.6 Å². The number of carbonyl (C=O) groups is 1. The van der Waals surface area contributed by atoms with Crippen LogP contribution in [0.5, 0.6) is 0 Å². The summed E-state index contributed by atoms with van der Waals surface area (Å²) in [6, 6.07) is 0. The zero-order valence-corrected chi connectivity index (χ0v) is 17.6. The lowest BCUT2D eigenvalue weighted by Gasteiger charge is -2.28. The largest absolute Gasteiger partial charge is 0.461 e. The molecule has 0 spiro atoms. The summed E-state index contributed by atoms with van der Waals surface area (Å²) in [7, 11) is 0. The predicted molar refractivity (Wildman–Crippen MR) is 109 cm³/mol. The molecule has 0 unspecified atom stereocenters. The number of ether oxygens (including phenoxy) is 1. The summed E-state index contributed by atoms with van der Waals surface area (Å²) in [5, 5.41) is 10.5. The van der Waals surface area contributed by atoms with Crippen molar-refractivity contribution in [3.05, 3.63) is 35.5 Å². The molecule has 0 amide bonds. The van der Waals surface area contributed by atoms with Crippen LogP contribution in [0.2, 0.25) is 0 Å². The van der Waals surface area contributed by atoms with Crippen LogP contribution in [0.4, 0.5) is 0 Å². The molecule has 0 heterocycles. The van der Waals surface area contributed by atoms with E-state index in [0.29, 0.717) is 18.8 Å². The molecule has 0 saturated carbocycles. The number of aliphatic hydroxyl groups excluding tert-OH is 1. The van der Waals surface area contributed by atoms with Gasteiger partial charge in [-0.3, -0.25) is 4.79 Å². The van der Waals surface area contributed by atoms with Crippen molar-refractivity contribution in [3.8, 4) is 0 Å². The van der Waals surface area contributed by atoms with Crippen LogP contribution in [0.3, 0.4) is 0 Å². The van der Waals surface area contributed by atoms with Gasteiger partial charge in [0.2, 0.25) is 0 Å². The van der Waals surface area contributed by atoms with E-state index in [1.165, 1.54) is 18.1 Å². The summed E-state index contributed by atoms with van der Waals surface area (Å²) < 4.78 is 5.20. The Morgan fingerprint density at radius 1 is 1.35 bits per heavy atom. The topological polar surface area (TPSA) is 46.5 Å². The van der Waals surface area contributed by atoms with E-state index in [0.717, 1.165) is 37.7 Å². The number of carbonyl (C=O) groups excluding carboxylic acids is 1. The van der Waals surface area contributed by atoms with Gasteiger partial charge in [0.15, 0.2) is 0 Å². The Morgan fingerprint density at radius 3 is 2.65 bits per heavy atom. The third kappa shape index (κ3) is 8.55. The van der Waals surface area contributed by atoms with E-state index in [1.807, 2.05) is 6.92 Å². The van der Waals surface area contributed by atoms with Crippen LogP contribution in [0, 0.1) is 5.92 Å². The van der Waals surface area contributed by atoms with Crippen LogP contribution in [0.15, 0.2) is 35.5 Å². The average Bonchev–Trinajstić information content (AvgIpc) is 2.54. The molecule has 1 rings (SSSR count). The molecule has 3 nitrogen and oxygen atoms in total. The molecule has 4 heteroatoms. The Kier molecular flexibility index (Phi) is 9.67. The smallest absolute Gasteiger partial charge is 0.302 e. The zero-order chi connectivity index (χ0) is 19.7. The van der Waals surface area contributed by atoms with Crippen LogP contribution < -0.4 is 0 Å². The molecular formula is C22H35ClO3. The number of rotatable bonds is 3. The summed E-state index contributed by atoms with van der Waals surface area (Å²) in [5.41, 5.74) is 3.59. The Balaban J connectivity index is 2.98. The highest BCUT2D eigenvalue weighted by Gasteiger charge is 2.29. The SMILES string of the molecule is C=C(C)[C@@H]1CC=C(COC(C)=O)CC[C@@H](O)[C@](C)(Cl)CC/C=C(\C)CC1. The van der Waals surface area contributed by atoms with Crippen molar-refractivity contribution in [2.75, 3.05) is 6.61 Å². The predicted octanol–water partition coefficient (Wildman–Crippen LogP) is 5.72. The molecule has 0 aromatic carbocycles. The average molecular weight is 383 g/mol. The molecule has 1 N–H and O–H groups in total. The van der Waals surface area contributed by atoms with Gasteiger partial charge in [-0.1, -0.05) is 29.9 Å². The van der Waals surface area contributed by atoms with Crippen LogP contribution >= 0.6 is 11.6 Å². The van der Waals surface area contributed by atoms with Crippen LogP contribution in [-0.4, -0.2) is 28.7 Å². The molecule has 1 aliphatic rings. The van der Waals surface area contributed by atoms with E-state index < -0.39 is 11.0 Å². The van der Waals surface area contributed by atoms with Gasteiger partial charge in [0.05, 0.1) is 11.0 Å². The quantitative estimate of drug-likeness (QED) is 0.386. The number of alkyl halides is 1. The molecule has 0 fully saturated rings. The molecule has 0 aliphatic heterocycles. The summed E-state index contributed by atoms with van der Waals surface area (Å²) >= 11 is 6.58. The molecule has 0 radical (unpaired) electrons. The summed E-state index contributed by atoms with van der Waals surface area (Å²) in [6.07, 6.45) is 9.63. The van der Waals surface area contributed by atoms with Crippen LogP contribution in [-0.2, 0) is 9.53 Å². The van der Waals surface area contributed by atoms with Crippen molar-refractivity contribution in [2.45, 2.75) is 83.6 Å². The van der Waals surface area contributed by atoms with Gasteiger partial charge in [-0.25, -0.2) is 0 Å². The summed E-state index contributed by atoms with van der Waals surface area (Å²) in [5.74, 6) is 0.127. The minimum Gasteiger partial charge on any atom is -0.461 e. The number of hydrogen-bond donors (Lipinski definition) is 1. The summed E-state index contributed by atoms with van der Waals surface area (Å²) in [6.45, 7) is 12.0. The number of allylic oxidation sites excluding steroid dienone is 4. The van der Waals surface area contributed by atoms with Crippen molar-refractivity contribution in [3.63, 3.8) is 0 Å². The van der Waals surface area contributed by atoms with E-state index in [4.69, 9.17) is 16.3 Å². The van der Waals surface area contributed by atoms with Crippen molar-refractivity contribution < 1.29 is 14.6 Å². The molecule has 0 saturated heterocycles. The molecule has 3 atom stereocenters. The lowest BCUT2D eigenvalue weighted by Crippen LogP contribution is -2.33. The van der Waals surface area contributed by atoms with Crippen molar-refractivity contribution in [2.24, 2.45) is 5.92 Å². The fourth-order valence-corrected chi connectivity index (χ4v) is 3.41. The maximum absolute atomic E-state index is 11.2. The van der Waals surface area contributed by atoms with Gasteiger partial charge in [-0.15, -0.1) is 11.6 Å². The Hall–Kier alpha value is -1.06. The van der Waals surface area contributed by atoms with Crippen molar-refractivity contribution in [1.82, 2.24) is 0 Å². The molecule has 26 heavy (non-hydrogen) atoms. The minimum absolute atomic E-state index is 0.281. The first-order chi connectivity index (χ1) is 12.1. The van der Waals surface area contributed by atoms with Gasteiger partial charge >= 0.3 is 5.97 Å². The van der Waals surface area contributed by atoms with Crippen molar-refractivity contribution >= 4 is 17.6 Å². The second kappa shape index (κ2) is 10.9. The van der Waals surface area contributed by atoms with Crippen LogP contribution in [0.25, 0.3) is 0 Å². The number of aliphatic hydroxyl groups is 1. The molecule has 1 aliphatic carbocycles. The van der Waals surface area contributed by atoms with Gasteiger partial charge < -0.3 is 9.84 Å². The maximum atomic E-state index is 11.2. The Labute approximate surface area is 164 Å². The third-order valence-corrected chi connectivity index (χ3v) is 5.74. The fourth-order valence-electron chi connectivity index (χ4n) is 3.20. The van der Waals surface area contributed by atoms with Gasteiger partial charge in [0, 0.05) is 6.92 Å². The number of esters is 1. The van der Waals surface area contributed by atoms with E-state index in [9.17, 15) is 9.90 Å². The van der Waals surface area contributed by atoms with E-state index in [2.05, 4.69) is 32.6 Å². The first kappa shape index (κ1) is 23.0. The Bertz CT molecular complexity index is 546. The van der Waals surface area contributed by atoms with Gasteiger partial charge in [0.1, 0.15) is 6.61 Å². The maximum Gasteiger partial charge on any atom is 0.302 e. The van der Waals surface area contributed by atoms with Crippen molar-refractivity contribution in [1.29, 1.82) is 0 Å². The number of halogens is 1. The fraction of sp³-hybridized carbons (Fsp3) is 0.682. The van der Waals surface area contributed by atoms with E-state index >= 15 is 0 Å². The second-order valence-electron chi connectivity index (χ2n) is 7.88. The first-order valence-electron chi connectivity index (χ1n) is 9.61.